The molecule has 2 saturated heterocycles. The van der Waals surface area contributed by atoms with Crippen molar-refractivity contribution in [3.05, 3.63) is 29.8 Å². The molecule has 2 heterocycles. The zero-order valence-electron chi connectivity index (χ0n) is 11.2. The molecule has 1 N–H and O–H groups in total. The number of aryl methyl sites for hydroxylation is 1. The summed E-state index contributed by atoms with van der Waals surface area (Å²) in [5, 5.41) is 3.46. The highest BCUT2D eigenvalue weighted by Gasteiger charge is 2.37. The molecule has 0 spiro atoms. The molecule has 0 bridgehead atoms. The summed E-state index contributed by atoms with van der Waals surface area (Å²) in [7, 11) is -3.32. The van der Waals surface area contributed by atoms with E-state index in [-0.39, 0.29) is 0 Å². The van der Waals surface area contributed by atoms with E-state index in [1.807, 2.05) is 19.1 Å². The van der Waals surface area contributed by atoms with Crippen molar-refractivity contribution in [1.29, 1.82) is 0 Å². The normalized spacial score (nSPS) is 28.3. The standard InChI is InChI=1S/C14H20N2O2S/c1-11-3-2-4-13(9-11)19(17,18)16-8-6-14-12(10-16)5-7-15-14/h2-4,9,12,14-15H,5-8,10H2,1H3. The van der Waals surface area contributed by atoms with E-state index in [0.29, 0.717) is 29.9 Å². The van der Waals surface area contributed by atoms with Crippen molar-refractivity contribution >= 4 is 10.0 Å². The molecule has 2 fully saturated rings. The molecule has 0 aliphatic carbocycles. The fraction of sp³-hybridized carbons (Fsp3) is 0.571. The summed E-state index contributed by atoms with van der Waals surface area (Å²) < 4.78 is 26.9. The van der Waals surface area contributed by atoms with E-state index in [9.17, 15) is 8.42 Å². The molecule has 0 amide bonds. The average molecular weight is 280 g/mol. The van der Waals surface area contributed by atoms with Crippen molar-refractivity contribution in [2.75, 3.05) is 19.6 Å². The number of benzene rings is 1. The Labute approximate surface area is 114 Å². The van der Waals surface area contributed by atoms with Gasteiger partial charge in [-0.25, -0.2) is 8.42 Å². The van der Waals surface area contributed by atoms with Gasteiger partial charge in [-0.1, -0.05) is 12.1 Å². The SMILES string of the molecule is Cc1cccc(S(=O)(=O)N2CCC3NCCC3C2)c1. The summed E-state index contributed by atoms with van der Waals surface area (Å²) in [6.45, 7) is 4.23. The van der Waals surface area contributed by atoms with Crippen LogP contribution in [0.2, 0.25) is 0 Å². The second-order valence-electron chi connectivity index (χ2n) is 5.58. The van der Waals surface area contributed by atoms with Crippen molar-refractivity contribution in [2.45, 2.75) is 30.7 Å². The van der Waals surface area contributed by atoms with Crippen molar-refractivity contribution in [2.24, 2.45) is 5.92 Å². The number of piperidine rings is 1. The summed E-state index contributed by atoms with van der Waals surface area (Å²) in [5.41, 5.74) is 0.985. The van der Waals surface area contributed by atoms with Gasteiger partial charge in [0.05, 0.1) is 4.90 Å². The monoisotopic (exact) mass is 280 g/mol. The first kappa shape index (κ1) is 13.1. The first-order valence-electron chi connectivity index (χ1n) is 6.87. The highest BCUT2D eigenvalue weighted by molar-refractivity contribution is 7.89. The van der Waals surface area contributed by atoms with E-state index in [1.165, 1.54) is 0 Å². The largest absolute Gasteiger partial charge is 0.314 e. The minimum atomic E-state index is -3.32. The number of hydrogen-bond donors (Lipinski definition) is 1. The second-order valence-corrected chi connectivity index (χ2v) is 7.52. The first-order chi connectivity index (χ1) is 9.07. The van der Waals surface area contributed by atoms with E-state index in [4.69, 9.17) is 0 Å². The molecule has 1 aromatic carbocycles. The number of nitrogens with one attached hydrogen (secondary N) is 1. The quantitative estimate of drug-likeness (QED) is 0.890. The Hall–Kier alpha value is -0.910. The van der Waals surface area contributed by atoms with E-state index in [2.05, 4.69) is 5.32 Å². The van der Waals surface area contributed by atoms with Gasteiger partial charge in [-0.05, 0) is 49.9 Å². The van der Waals surface area contributed by atoms with Gasteiger partial charge in [-0.3, -0.25) is 0 Å². The van der Waals surface area contributed by atoms with Gasteiger partial charge in [0.25, 0.3) is 0 Å². The molecule has 19 heavy (non-hydrogen) atoms. The Kier molecular flexibility index (Phi) is 3.37. The second kappa shape index (κ2) is 4.89. The van der Waals surface area contributed by atoms with Crippen LogP contribution in [-0.2, 0) is 10.0 Å². The predicted octanol–water partition coefficient (Wildman–Crippen LogP) is 1.37. The number of fused-ring (bicyclic) bond motifs is 1. The van der Waals surface area contributed by atoms with E-state index in [1.54, 1.807) is 16.4 Å². The van der Waals surface area contributed by atoms with Crippen LogP contribution in [0, 0.1) is 12.8 Å². The van der Waals surface area contributed by atoms with Gasteiger partial charge in [0.15, 0.2) is 0 Å². The van der Waals surface area contributed by atoms with Gasteiger partial charge in [0, 0.05) is 19.1 Å². The number of rotatable bonds is 2. The summed E-state index contributed by atoms with van der Waals surface area (Å²) in [6.07, 6.45) is 2.01. The predicted molar refractivity (Wildman–Crippen MR) is 74.5 cm³/mol. The lowest BCUT2D eigenvalue weighted by Crippen LogP contribution is -2.46. The fourth-order valence-corrected chi connectivity index (χ4v) is 4.77. The Balaban J connectivity index is 1.85. The van der Waals surface area contributed by atoms with Crippen molar-refractivity contribution < 1.29 is 8.42 Å². The lowest BCUT2D eigenvalue weighted by molar-refractivity contribution is 0.247. The highest BCUT2D eigenvalue weighted by Crippen LogP contribution is 2.28. The summed E-state index contributed by atoms with van der Waals surface area (Å²) in [6, 6.07) is 7.71. The Morgan fingerprint density at radius 2 is 2.16 bits per heavy atom. The van der Waals surface area contributed by atoms with Crippen LogP contribution in [0.3, 0.4) is 0 Å². The fourth-order valence-electron chi connectivity index (χ4n) is 3.16. The molecule has 1 aromatic rings. The van der Waals surface area contributed by atoms with Crippen LogP contribution in [0.1, 0.15) is 18.4 Å². The zero-order valence-corrected chi connectivity index (χ0v) is 12.0. The van der Waals surface area contributed by atoms with Crippen LogP contribution in [0.25, 0.3) is 0 Å². The van der Waals surface area contributed by atoms with Gasteiger partial charge in [-0.2, -0.15) is 4.31 Å². The van der Waals surface area contributed by atoms with Crippen molar-refractivity contribution in [1.82, 2.24) is 9.62 Å². The first-order valence-corrected chi connectivity index (χ1v) is 8.31. The number of nitrogens with zero attached hydrogens (tertiary/aromatic N) is 1. The average Bonchev–Trinajstić information content (AvgIpc) is 2.85. The lowest BCUT2D eigenvalue weighted by atomic mass is 9.95. The minimum absolute atomic E-state index is 0.428. The van der Waals surface area contributed by atoms with Gasteiger partial charge in [0.2, 0.25) is 10.0 Å². The van der Waals surface area contributed by atoms with Crippen LogP contribution < -0.4 is 5.32 Å². The molecular weight excluding hydrogens is 260 g/mol. The Morgan fingerprint density at radius 1 is 1.32 bits per heavy atom. The molecule has 104 valence electrons. The highest BCUT2D eigenvalue weighted by atomic mass is 32.2. The molecule has 2 aliphatic rings. The van der Waals surface area contributed by atoms with Gasteiger partial charge in [-0.15, -0.1) is 0 Å². The molecule has 3 rings (SSSR count). The van der Waals surface area contributed by atoms with Crippen LogP contribution in [-0.4, -0.2) is 38.4 Å². The maximum absolute atomic E-state index is 12.6. The molecule has 2 atom stereocenters. The Morgan fingerprint density at radius 3 is 2.95 bits per heavy atom. The number of sulfonamides is 1. The summed E-state index contributed by atoms with van der Waals surface area (Å²) >= 11 is 0. The van der Waals surface area contributed by atoms with Gasteiger partial charge in [0.1, 0.15) is 0 Å². The van der Waals surface area contributed by atoms with Crippen molar-refractivity contribution in [3.8, 4) is 0 Å². The van der Waals surface area contributed by atoms with E-state index < -0.39 is 10.0 Å². The molecule has 2 unspecified atom stereocenters. The lowest BCUT2D eigenvalue weighted by Gasteiger charge is -2.34. The number of hydrogen-bond acceptors (Lipinski definition) is 3. The third kappa shape index (κ3) is 2.42. The third-order valence-corrected chi connectivity index (χ3v) is 6.11. The topological polar surface area (TPSA) is 49.4 Å². The molecule has 5 heteroatoms. The van der Waals surface area contributed by atoms with Crippen molar-refractivity contribution in [3.63, 3.8) is 0 Å². The van der Waals surface area contributed by atoms with Gasteiger partial charge < -0.3 is 5.32 Å². The molecule has 2 aliphatic heterocycles. The summed E-state index contributed by atoms with van der Waals surface area (Å²) in [5.74, 6) is 0.480. The maximum atomic E-state index is 12.6. The maximum Gasteiger partial charge on any atom is 0.243 e. The Bertz CT molecular complexity index is 571. The third-order valence-electron chi connectivity index (χ3n) is 4.25. The van der Waals surface area contributed by atoms with Crippen LogP contribution in [0.5, 0.6) is 0 Å². The molecule has 4 nitrogen and oxygen atoms in total. The smallest absolute Gasteiger partial charge is 0.243 e. The minimum Gasteiger partial charge on any atom is -0.314 e. The molecular formula is C14H20N2O2S. The summed E-state index contributed by atoms with van der Waals surface area (Å²) in [4.78, 5) is 0.428. The van der Waals surface area contributed by atoms with Crippen LogP contribution >= 0.6 is 0 Å². The van der Waals surface area contributed by atoms with Crippen LogP contribution in [0.4, 0.5) is 0 Å². The molecule has 0 aromatic heterocycles. The molecule has 0 radical (unpaired) electrons. The van der Waals surface area contributed by atoms with Gasteiger partial charge >= 0.3 is 0 Å². The van der Waals surface area contributed by atoms with E-state index in [0.717, 1.165) is 24.9 Å². The van der Waals surface area contributed by atoms with Crippen LogP contribution in [0.15, 0.2) is 29.2 Å². The zero-order chi connectivity index (χ0) is 13.5. The molecule has 0 saturated carbocycles. The van der Waals surface area contributed by atoms with E-state index >= 15 is 0 Å².